The molecule has 0 amide bonds. The Morgan fingerprint density at radius 2 is 2.11 bits per heavy atom. The van der Waals surface area contributed by atoms with Crippen LogP contribution in [0.25, 0.3) is 5.52 Å². The van der Waals surface area contributed by atoms with E-state index in [0.29, 0.717) is 11.3 Å². The number of ether oxygens (including phenoxy) is 1. The molecule has 0 atom stereocenters. The smallest absolute Gasteiger partial charge is 0.158 e. The summed E-state index contributed by atoms with van der Waals surface area (Å²) in [7, 11) is 2.02. The van der Waals surface area contributed by atoms with Crippen molar-refractivity contribution < 1.29 is 4.74 Å². The Morgan fingerprint density at radius 1 is 1.26 bits per heavy atom. The average molecular weight is 470 g/mol. The second-order valence-electron chi connectivity index (χ2n) is 9.99. The molecule has 6 rings (SSSR count). The number of hydrogen-bond acceptors (Lipinski definition) is 7. The van der Waals surface area contributed by atoms with E-state index in [1.165, 1.54) is 18.4 Å². The van der Waals surface area contributed by atoms with Gasteiger partial charge in [-0.25, -0.2) is 14.5 Å². The van der Waals surface area contributed by atoms with Crippen LogP contribution in [-0.2, 0) is 0 Å². The summed E-state index contributed by atoms with van der Waals surface area (Å²) in [5.41, 5.74) is 4.94. The highest BCUT2D eigenvalue weighted by molar-refractivity contribution is 5.96. The fraction of sp³-hybridized carbons (Fsp3) is 0.370. The van der Waals surface area contributed by atoms with Gasteiger partial charge < -0.3 is 20.3 Å². The topological polar surface area (TPSA) is 79.1 Å². The summed E-state index contributed by atoms with van der Waals surface area (Å²) in [6, 6.07) is 8.33. The highest BCUT2D eigenvalue weighted by Gasteiger charge is 2.49. The Labute approximate surface area is 205 Å². The van der Waals surface area contributed by atoms with Gasteiger partial charge in [-0.1, -0.05) is 6.08 Å². The van der Waals surface area contributed by atoms with Crippen LogP contribution in [0.3, 0.4) is 0 Å². The van der Waals surface area contributed by atoms with E-state index in [0.717, 1.165) is 59.7 Å². The molecule has 35 heavy (non-hydrogen) atoms. The summed E-state index contributed by atoms with van der Waals surface area (Å²) in [4.78, 5) is 11.1. The fourth-order valence-electron chi connectivity index (χ4n) is 5.33. The number of fused-ring (bicyclic) bond motifs is 1. The fourth-order valence-corrected chi connectivity index (χ4v) is 5.33. The SMILES string of the molecule is C/C=C\C(=C/C1=NCN1C)Oc1ccc(Nc2ncnn3ccc(C4CC5(CNC5)C4)c23)cc1C. The standard InChI is InChI=1S/C27H31N7O/c1-4-5-21(11-24-30-17-33(24)3)35-23-7-6-20(10-18(23)2)32-26-25-22(8-9-34(25)31-16-29-26)19-12-27(13-19)14-28-15-27/h4-11,16,19,28H,12-15,17H2,1-3H3,(H,29,31,32)/b5-4-,21-11+. The minimum Gasteiger partial charge on any atom is -0.457 e. The summed E-state index contributed by atoms with van der Waals surface area (Å²) in [5, 5.41) is 11.4. The second-order valence-corrected chi connectivity index (χ2v) is 9.99. The quantitative estimate of drug-likeness (QED) is 0.395. The zero-order valence-electron chi connectivity index (χ0n) is 20.5. The molecule has 1 aromatic carbocycles. The lowest BCUT2D eigenvalue weighted by molar-refractivity contribution is 0.0368. The number of allylic oxidation sites excluding steroid dienone is 2. The molecular formula is C27H31N7O. The lowest BCUT2D eigenvalue weighted by atomic mass is 9.57. The van der Waals surface area contributed by atoms with E-state index in [4.69, 9.17) is 4.74 Å². The zero-order chi connectivity index (χ0) is 24.0. The maximum Gasteiger partial charge on any atom is 0.158 e. The van der Waals surface area contributed by atoms with Crippen LogP contribution in [-0.4, -0.2) is 52.1 Å². The van der Waals surface area contributed by atoms with Crippen LogP contribution in [0.2, 0.25) is 0 Å². The van der Waals surface area contributed by atoms with Gasteiger partial charge in [0.15, 0.2) is 5.82 Å². The molecule has 1 aliphatic carbocycles. The Bertz CT molecular complexity index is 1360. The van der Waals surface area contributed by atoms with Gasteiger partial charge in [0, 0.05) is 38.1 Å². The van der Waals surface area contributed by atoms with Crippen molar-refractivity contribution in [3.05, 3.63) is 71.9 Å². The first-order chi connectivity index (χ1) is 17.0. The van der Waals surface area contributed by atoms with Crippen LogP contribution in [0.5, 0.6) is 5.75 Å². The number of nitrogens with one attached hydrogen (secondary N) is 2. The van der Waals surface area contributed by atoms with Gasteiger partial charge >= 0.3 is 0 Å². The molecule has 2 aromatic heterocycles. The predicted octanol–water partition coefficient (Wildman–Crippen LogP) is 4.39. The van der Waals surface area contributed by atoms with Crippen molar-refractivity contribution in [3.63, 3.8) is 0 Å². The Balaban J connectivity index is 1.23. The molecule has 8 heteroatoms. The van der Waals surface area contributed by atoms with Crippen LogP contribution in [0.1, 0.15) is 36.8 Å². The molecule has 1 saturated carbocycles. The number of rotatable bonds is 7. The van der Waals surface area contributed by atoms with E-state index >= 15 is 0 Å². The van der Waals surface area contributed by atoms with Gasteiger partial charge in [-0.3, -0.25) is 0 Å². The highest BCUT2D eigenvalue weighted by atomic mass is 16.5. The van der Waals surface area contributed by atoms with Crippen molar-refractivity contribution in [2.45, 2.75) is 32.6 Å². The minimum absolute atomic E-state index is 0.524. The molecule has 1 spiro atoms. The van der Waals surface area contributed by atoms with Crippen molar-refractivity contribution in [2.24, 2.45) is 10.4 Å². The number of benzene rings is 1. The number of nitrogens with zero attached hydrogens (tertiary/aromatic N) is 5. The molecule has 2 N–H and O–H groups in total. The maximum atomic E-state index is 6.22. The van der Waals surface area contributed by atoms with E-state index in [-0.39, 0.29) is 0 Å². The molecule has 180 valence electrons. The molecule has 0 radical (unpaired) electrons. The first-order valence-electron chi connectivity index (χ1n) is 12.2. The van der Waals surface area contributed by atoms with Crippen LogP contribution in [0.15, 0.2) is 65.8 Å². The van der Waals surface area contributed by atoms with Crippen molar-refractivity contribution >= 4 is 22.9 Å². The molecule has 0 unspecified atom stereocenters. The van der Waals surface area contributed by atoms with Gasteiger partial charge in [0.1, 0.15) is 35.9 Å². The summed E-state index contributed by atoms with van der Waals surface area (Å²) in [6.45, 7) is 7.07. The first kappa shape index (κ1) is 21.9. The van der Waals surface area contributed by atoms with Crippen LogP contribution >= 0.6 is 0 Å². The third-order valence-corrected chi connectivity index (χ3v) is 7.39. The second kappa shape index (κ2) is 8.53. The lowest BCUT2D eigenvalue weighted by Gasteiger charge is -2.54. The molecule has 1 saturated heterocycles. The molecule has 2 fully saturated rings. The molecule has 2 aliphatic heterocycles. The predicted molar refractivity (Wildman–Crippen MR) is 138 cm³/mol. The Morgan fingerprint density at radius 3 is 2.77 bits per heavy atom. The molecule has 3 aliphatic rings. The Hall–Kier alpha value is -3.65. The maximum absolute atomic E-state index is 6.22. The molecule has 3 aromatic rings. The third kappa shape index (κ3) is 3.97. The van der Waals surface area contributed by atoms with Gasteiger partial charge in [0.2, 0.25) is 0 Å². The van der Waals surface area contributed by atoms with Gasteiger partial charge in [-0.05, 0) is 79.5 Å². The zero-order valence-corrected chi connectivity index (χ0v) is 20.5. The number of aliphatic imine (C=N–C) groups is 1. The summed E-state index contributed by atoms with van der Waals surface area (Å²) in [6.07, 6.45) is 12.0. The Kier molecular flexibility index (Phi) is 5.33. The van der Waals surface area contributed by atoms with E-state index < -0.39 is 0 Å². The van der Waals surface area contributed by atoms with Crippen molar-refractivity contribution in [2.75, 3.05) is 32.1 Å². The van der Waals surface area contributed by atoms with Crippen LogP contribution in [0.4, 0.5) is 11.5 Å². The lowest BCUT2D eigenvalue weighted by Crippen LogP contribution is -2.59. The summed E-state index contributed by atoms with van der Waals surface area (Å²) < 4.78 is 8.15. The van der Waals surface area contributed by atoms with Gasteiger partial charge in [-0.15, -0.1) is 0 Å². The molecule has 4 heterocycles. The van der Waals surface area contributed by atoms with Crippen LogP contribution in [0, 0.1) is 12.3 Å². The normalized spacial score (nSPS) is 19.5. The number of aromatic nitrogens is 3. The molecule has 0 bridgehead atoms. The van der Waals surface area contributed by atoms with E-state index in [2.05, 4.69) is 49.7 Å². The number of aryl methyl sites for hydroxylation is 1. The monoisotopic (exact) mass is 469 g/mol. The highest BCUT2D eigenvalue weighted by Crippen LogP contribution is 2.54. The average Bonchev–Trinajstić information content (AvgIpc) is 3.21. The van der Waals surface area contributed by atoms with Gasteiger partial charge in [0.05, 0.1) is 0 Å². The van der Waals surface area contributed by atoms with Crippen LogP contribution < -0.4 is 15.4 Å². The molecular weight excluding hydrogens is 438 g/mol. The number of likely N-dealkylation sites (N-methyl/N-ethyl adjacent to an activating group) is 1. The van der Waals surface area contributed by atoms with Crippen molar-refractivity contribution in [1.29, 1.82) is 0 Å². The van der Waals surface area contributed by atoms with Crippen molar-refractivity contribution in [1.82, 2.24) is 24.8 Å². The summed E-state index contributed by atoms with van der Waals surface area (Å²) in [5.74, 6) is 3.91. The minimum atomic E-state index is 0.524. The van der Waals surface area contributed by atoms with E-state index in [1.807, 2.05) is 55.0 Å². The largest absolute Gasteiger partial charge is 0.457 e. The van der Waals surface area contributed by atoms with E-state index in [1.54, 1.807) is 6.33 Å². The third-order valence-electron chi connectivity index (χ3n) is 7.39. The van der Waals surface area contributed by atoms with E-state index in [9.17, 15) is 0 Å². The number of anilines is 2. The van der Waals surface area contributed by atoms with Gasteiger partial charge in [-0.2, -0.15) is 5.10 Å². The number of amidine groups is 1. The van der Waals surface area contributed by atoms with Gasteiger partial charge in [0.25, 0.3) is 0 Å². The first-order valence-corrected chi connectivity index (χ1v) is 12.2. The molecule has 8 nitrogen and oxygen atoms in total. The number of hydrogen-bond donors (Lipinski definition) is 2. The van der Waals surface area contributed by atoms with Crippen molar-refractivity contribution in [3.8, 4) is 5.75 Å². The summed E-state index contributed by atoms with van der Waals surface area (Å²) >= 11 is 0.